The second-order valence-electron chi connectivity index (χ2n) is 4.13. The molecule has 104 valence electrons. The van der Waals surface area contributed by atoms with Crippen LogP contribution in [0.15, 0.2) is 0 Å². The van der Waals surface area contributed by atoms with Gasteiger partial charge in [-0.05, 0) is 5.25 Å². The minimum absolute atomic E-state index is 0.0300. The standard InChI is InChI=1S/C12H22N2O3S/c1-4-10(15)5-6-13-11(16)7-14-12(17)8-18-9(2)3/h9H,4-8H2,1-3H3,(H,13,16)(H,14,17). The van der Waals surface area contributed by atoms with Crippen molar-refractivity contribution in [2.45, 2.75) is 38.9 Å². The smallest absolute Gasteiger partial charge is 0.239 e. The summed E-state index contributed by atoms with van der Waals surface area (Å²) in [6, 6.07) is 0. The highest BCUT2D eigenvalue weighted by Crippen LogP contribution is 2.07. The SMILES string of the molecule is CCC(=O)CCNC(=O)CNC(=O)CSC(C)C. The Labute approximate surface area is 112 Å². The van der Waals surface area contributed by atoms with E-state index in [0.29, 0.717) is 30.4 Å². The van der Waals surface area contributed by atoms with Crippen molar-refractivity contribution in [3.05, 3.63) is 0 Å². The van der Waals surface area contributed by atoms with Gasteiger partial charge in [0.15, 0.2) is 0 Å². The molecule has 0 heterocycles. The van der Waals surface area contributed by atoms with Crippen molar-refractivity contribution in [2.24, 2.45) is 0 Å². The molecule has 0 fully saturated rings. The topological polar surface area (TPSA) is 75.3 Å². The molecule has 0 bridgehead atoms. The maximum atomic E-state index is 11.3. The fourth-order valence-electron chi connectivity index (χ4n) is 1.05. The van der Waals surface area contributed by atoms with Gasteiger partial charge in [0, 0.05) is 19.4 Å². The molecule has 0 saturated heterocycles. The van der Waals surface area contributed by atoms with Crippen molar-refractivity contribution in [1.82, 2.24) is 10.6 Å². The zero-order chi connectivity index (χ0) is 14.0. The number of hydrogen-bond donors (Lipinski definition) is 2. The summed E-state index contributed by atoms with van der Waals surface area (Å²) in [5.74, 6) is 0.0715. The van der Waals surface area contributed by atoms with E-state index in [1.165, 1.54) is 11.8 Å². The van der Waals surface area contributed by atoms with Crippen molar-refractivity contribution in [2.75, 3.05) is 18.8 Å². The van der Waals surface area contributed by atoms with Gasteiger partial charge in [-0.15, -0.1) is 11.8 Å². The van der Waals surface area contributed by atoms with Crippen LogP contribution in [0.2, 0.25) is 0 Å². The molecule has 0 aliphatic rings. The van der Waals surface area contributed by atoms with Crippen LogP contribution in [0.1, 0.15) is 33.6 Å². The Bertz CT molecular complexity index is 293. The number of Topliss-reactive ketones (excluding diaryl/α,β-unsaturated/α-hetero) is 1. The summed E-state index contributed by atoms with van der Waals surface area (Å²) in [5, 5.41) is 5.51. The van der Waals surface area contributed by atoms with Crippen molar-refractivity contribution in [3.63, 3.8) is 0 Å². The Kier molecular flexibility index (Phi) is 9.36. The van der Waals surface area contributed by atoms with E-state index in [2.05, 4.69) is 10.6 Å². The summed E-state index contributed by atoms with van der Waals surface area (Å²) in [4.78, 5) is 33.6. The minimum Gasteiger partial charge on any atom is -0.354 e. The summed E-state index contributed by atoms with van der Waals surface area (Å²) < 4.78 is 0. The maximum Gasteiger partial charge on any atom is 0.239 e. The Morgan fingerprint density at radius 2 is 1.78 bits per heavy atom. The van der Waals surface area contributed by atoms with Crippen molar-refractivity contribution in [1.29, 1.82) is 0 Å². The zero-order valence-corrected chi connectivity index (χ0v) is 12.1. The van der Waals surface area contributed by atoms with Crippen LogP contribution in [-0.2, 0) is 14.4 Å². The molecular formula is C12H22N2O3S. The number of carbonyl (C=O) groups excluding carboxylic acids is 3. The fraction of sp³-hybridized carbons (Fsp3) is 0.750. The molecule has 0 spiro atoms. The van der Waals surface area contributed by atoms with E-state index < -0.39 is 0 Å². The van der Waals surface area contributed by atoms with Crippen LogP contribution < -0.4 is 10.6 Å². The van der Waals surface area contributed by atoms with Crippen LogP contribution in [0.3, 0.4) is 0 Å². The van der Waals surface area contributed by atoms with Crippen LogP contribution in [0, 0.1) is 0 Å². The molecule has 0 saturated carbocycles. The van der Waals surface area contributed by atoms with Gasteiger partial charge in [-0.25, -0.2) is 0 Å². The number of ketones is 1. The summed E-state index contributed by atoms with van der Waals surface area (Å²) in [6.45, 7) is 6.11. The molecule has 0 aliphatic carbocycles. The van der Waals surface area contributed by atoms with E-state index in [4.69, 9.17) is 0 Å². The van der Waals surface area contributed by atoms with Gasteiger partial charge in [0.2, 0.25) is 11.8 Å². The summed E-state index contributed by atoms with van der Waals surface area (Å²) in [6.07, 6.45) is 0.832. The average Bonchev–Trinajstić information content (AvgIpc) is 2.33. The largest absolute Gasteiger partial charge is 0.354 e. The third-order valence-corrected chi connectivity index (χ3v) is 3.21. The highest BCUT2D eigenvalue weighted by atomic mass is 32.2. The first-order valence-corrected chi connectivity index (χ1v) is 7.17. The molecule has 0 aromatic rings. The highest BCUT2D eigenvalue weighted by molar-refractivity contribution is 8.00. The number of nitrogens with one attached hydrogen (secondary N) is 2. The molecular weight excluding hydrogens is 252 g/mol. The molecule has 6 heteroatoms. The second kappa shape index (κ2) is 9.94. The maximum absolute atomic E-state index is 11.3. The number of amides is 2. The van der Waals surface area contributed by atoms with Crippen LogP contribution in [0.25, 0.3) is 0 Å². The quantitative estimate of drug-likeness (QED) is 0.650. The van der Waals surface area contributed by atoms with Crippen molar-refractivity contribution in [3.8, 4) is 0 Å². The number of carbonyl (C=O) groups is 3. The monoisotopic (exact) mass is 274 g/mol. The van der Waals surface area contributed by atoms with Crippen LogP contribution in [0.5, 0.6) is 0 Å². The molecule has 0 radical (unpaired) electrons. The van der Waals surface area contributed by atoms with E-state index in [-0.39, 0.29) is 24.1 Å². The minimum atomic E-state index is -0.262. The van der Waals surface area contributed by atoms with E-state index in [0.717, 1.165) is 0 Å². The van der Waals surface area contributed by atoms with Gasteiger partial charge in [-0.3, -0.25) is 14.4 Å². The zero-order valence-electron chi connectivity index (χ0n) is 11.2. The van der Waals surface area contributed by atoms with Gasteiger partial charge in [0.25, 0.3) is 0 Å². The summed E-state index contributed by atoms with van der Waals surface area (Å²) in [5.41, 5.74) is 0. The molecule has 0 aromatic heterocycles. The molecule has 2 N–H and O–H groups in total. The van der Waals surface area contributed by atoms with E-state index in [9.17, 15) is 14.4 Å². The first-order valence-electron chi connectivity index (χ1n) is 6.12. The Morgan fingerprint density at radius 3 is 2.33 bits per heavy atom. The second-order valence-corrected chi connectivity index (χ2v) is 5.69. The number of rotatable bonds is 9. The van der Waals surface area contributed by atoms with Crippen LogP contribution >= 0.6 is 11.8 Å². The molecule has 2 amide bonds. The van der Waals surface area contributed by atoms with Gasteiger partial charge >= 0.3 is 0 Å². The van der Waals surface area contributed by atoms with Gasteiger partial charge in [-0.1, -0.05) is 20.8 Å². The lowest BCUT2D eigenvalue weighted by atomic mass is 10.2. The lowest BCUT2D eigenvalue weighted by Crippen LogP contribution is -2.38. The van der Waals surface area contributed by atoms with Crippen LogP contribution in [0.4, 0.5) is 0 Å². The van der Waals surface area contributed by atoms with Gasteiger partial charge in [0.1, 0.15) is 5.78 Å². The lowest BCUT2D eigenvalue weighted by Gasteiger charge is -2.07. The van der Waals surface area contributed by atoms with Crippen LogP contribution in [-0.4, -0.2) is 41.7 Å². The molecule has 0 atom stereocenters. The molecule has 5 nitrogen and oxygen atoms in total. The summed E-state index contributed by atoms with van der Waals surface area (Å²) in [7, 11) is 0. The summed E-state index contributed by atoms with van der Waals surface area (Å²) >= 11 is 1.53. The van der Waals surface area contributed by atoms with E-state index in [1.54, 1.807) is 6.92 Å². The molecule has 0 aromatic carbocycles. The number of hydrogen-bond acceptors (Lipinski definition) is 4. The number of thioether (sulfide) groups is 1. The van der Waals surface area contributed by atoms with Gasteiger partial charge < -0.3 is 10.6 Å². The van der Waals surface area contributed by atoms with Gasteiger partial charge in [0.05, 0.1) is 12.3 Å². The van der Waals surface area contributed by atoms with E-state index >= 15 is 0 Å². The normalized spacial score (nSPS) is 10.2. The third-order valence-electron chi connectivity index (χ3n) is 2.11. The fourth-order valence-corrected chi connectivity index (χ4v) is 1.64. The van der Waals surface area contributed by atoms with Gasteiger partial charge in [-0.2, -0.15) is 0 Å². The Balaban J connectivity index is 3.58. The predicted octanol–water partition coefficient (Wildman–Crippen LogP) is 0.730. The Hall–Kier alpha value is -1.04. The highest BCUT2D eigenvalue weighted by Gasteiger charge is 2.06. The predicted molar refractivity (Wildman–Crippen MR) is 73.5 cm³/mol. The van der Waals surface area contributed by atoms with E-state index in [1.807, 2.05) is 13.8 Å². The van der Waals surface area contributed by atoms with Crippen molar-refractivity contribution >= 4 is 29.4 Å². The third kappa shape index (κ3) is 10.1. The molecule has 18 heavy (non-hydrogen) atoms. The molecule has 0 unspecified atom stereocenters. The first kappa shape index (κ1) is 17.0. The average molecular weight is 274 g/mol. The first-order chi connectivity index (χ1) is 8.45. The molecule has 0 aliphatic heterocycles. The lowest BCUT2D eigenvalue weighted by molar-refractivity contribution is -0.125. The molecule has 0 rings (SSSR count). The Morgan fingerprint density at radius 1 is 1.11 bits per heavy atom. The van der Waals surface area contributed by atoms with Crippen molar-refractivity contribution < 1.29 is 14.4 Å².